The number of pyridine rings is 1. The molecular formula is C15H15BrN2O2. The summed E-state index contributed by atoms with van der Waals surface area (Å²) < 4.78 is 2.25. The van der Waals surface area contributed by atoms with Gasteiger partial charge in [-0.15, -0.1) is 0 Å². The van der Waals surface area contributed by atoms with Crippen molar-refractivity contribution in [1.29, 1.82) is 0 Å². The van der Waals surface area contributed by atoms with Crippen LogP contribution in [0.2, 0.25) is 0 Å². The summed E-state index contributed by atoms with van der Waals surface area (Å²) in [5, 5.41) is 2.48. The highest BCUT2D eigenvalue weighted by Crippen LogP contribution is 2.18. The van der Waals surface area contributed by atoms with Crippen LogP contribution in [0.5, 0.6) is 0 Å². The molecule has 0 saturated heterocycles. The minimum atomic E-state index is -0.384. The van der Waals surface area contributed by atoms with E-state index >= 15 is 0 Å². The van der Waals surface area contributed by atoms with E-state index in [0.717, 1.165) is 5.56 Å². The molecule has 1 aromatic carbocycles. The summed E-state index contributed by atoms with van der Waals surface area (Å²) in [5.41, 5.74) is 0.837. The highest BCUT2D eigenvalue weighted by Gasteiger charge is 2.16. The molecule has 4 nitrogen and oxygen atoms in total. The fraction of sp³-hybridized carbons (Fsp3) is 0.200. The second-order valence-electron chi connectivity index (χ2n) is 4.45. The molecule has 1 aromatic heterocycles. The van der Waals surface area contributed by atoms with E-state index in [4.69, 9.17) is 0 Å². The lowest BCUT2D eigenvalue weighted by Crippen LogP contribution is -2.32. The zero-order chi connectivity index (χ0) is 14.7. The maximum absolute atomic E-state index is 12.4. The van der Waals surface area contributed by atoms with Gasteiger partial charge in [0.25, 0.3) is 11.5 Å². The van der Waals surface area contributed by atoms with Gasteiger partial charge in [-0.2, -0.15) is 0 Å². The summed E-state index contributed by atoms with van der Waals surface area (Å²) in [6, 6.07) is 11.1. The number of amides is 1. The smallest absolute Gasteiger partial charge is 0.264 e. The summed E-state index contributed by atoms with van der Waals surface area (Å²) in [7, 11) is 1.51. The molecule has 0 bridgehead atoms. The van der Waals surface area contributed by atoms with Crippen molar-refractivity contribution in [1.82, 2.24) is 9.88 Å². The Bertz CT molecular complexity index is 680. The van der Waals surface area contributed by atoms with E-state index in [1.54, 1.807) is 10.8 Å². The van der Waals surface area contributed by atoms with Gasteiger partial charge < -0.3 is 9.88 Å². The molecule has 104 valence electrons. The monoisotopic (exact) mass is 334 g/mol. The Morgan fingerprint density at radius 3 is 2.55 bits per heavy atom. The van der Waals surface area contributed by atoms with Crippen LogP contribution in [0.1, 0.15) is 28.9 Å². The fourth-order valence-electron chi connectivity index (χ4n) is 2.04. The van der Waals surface area contributed by atoms with Gasteiger partial charge in [0.1, 0.15) is 5.56 Å². The molecule has 2 rings (SSSR count). The number of nitrogens with zero attached hydrogens (tertiary/aromatic N) is 1. The van der Waals surface area contributed by atoms with Crippen LogP contribution in [0.4, 0.5) is 0 Å². The van der Waals surface area contributed by atoms with Crippen LogP contribution in [0.3, 0.4) is 0 Å². The van der Waals surface area contributed by atoms with Crippen molar-refractivity contribution in [3.05, 3.63) is 68.5 Å². The highest BCUT2D eigenvalue weighted by atomic mass is 79.9. The number of hydrogen-bond acceptors (Lipinski definition) is 2. The fourth-order valence-corrected chi connectivity index (χ4v) is 2.49. The van der Waals surface area contributed by atoms with Gasteiger partial charge >= 0.3 is 0 Å². The van der Waals surface area contributed by atoms with Gasteiger partial charge in [0.15, 0.2) is 0 Å². The molecule has 20 heavy (non-hydrogen) atoms. The largest absolute Gasteiger partial charge is 0.355 e. The van der Waals surface area contributed by atoms with Crippen LogP contribution in [-0.2, 0) is 0 Å². The van der Waals surface area contributed by atoms with Crippen LogP contribution in [0, 0.1) is 0 Å². The number of nitrogens with one attached hydrogen (secondary N) is 1. The average Bonchev–Trinajstić information content (AvgIpc) is 2.48. The molecule has 0 fully saturated rings. The summed E-state index contributed by atoms with van der Waals surface area (Å²) in [6.07, 6.45) is 1.70. The molecule has 0 aliphatic heterocycles. The standard InChI is InChI=1S/C15H15BrN2O2/c1-10(11-6-4-3-5-7-11)18-9-12(16)8-13(15(18)20)14(19)17-2/h3-10H,1-2H3,(H,17,19). The van der Waals surface area contributed by atoms with Gasteiger partial charge in [-0.1, -0.05) is 30.3 Å². The van der Waals surface area contributed by atoms with Crippen molar-refractivity contribution in [2.75, 3.05) is 7.05 Å². The Morgan fingerprint density at radius 1 is 1.30 bits per heavy atom. The second-order valence-corrected chi connectivity index (χ2v) is 5.37. The second kappa shape index (κ2) is 6.05. The van der Waals surface area contributed by atoms with E-state index in [2.05, 4.69) is 21.2 Å². The number of rotatable bonds is 3. The van der Waals surface area contributed by atoms with Crippen molar-refractivity contribution in [2.24, 2.45) is 0 Å². The predicted molar refractivity (Wildman–Crippen MR) is 82.0 cm³/mol. The Balaban J connectivity index is 2.55. The maximum Gasteiger partial charge on any atom is 0.264 e. The number of carbonyl (C=O) groups excluding carboxylic acids is 1. The predicted octanol–water partition coefficient (Wildman–Crippen LogP) is 2.58. The van der Waals surface area contributed by atoms with Crippen LogP contribution in [0.25, 0.3) is 0 Å². The van der Waals surface area contributed by atoms with Gasteiger partial charge in [-0.3, -0.25) is 9.59 Å². The Labute approximate surface area is 125 Å². The van der Waals surface area contributed by atoms with Crippen molar-refractivity contribution in [2.45, 2.75) is 13.0 Å². The maximum atomic E-state index is 12.4. The molecule has 1 heterocycles. The summed E-state index contributed by atoms with van der Waals surface area (Å²) in [6.45, 7) is 1.93. The lowest BCUT2D eigenvalue weighted by molar-refractivity contribution is 0.0961. The molecular weight excluding hydrogens is 320 g/mol. The third-order valence-electron chi connectivity index (χ3n) is 3.18. The molecule has 0 aliphatic carbocycles. The minimum absolute atomic E-state index is 0.129. The first-order valence-electron chi connectivity index (χ1n) is 6.23. The minimum Gasteiger partial charge on any atom is -0.355 e. The molecule has 1 unspecified atom stereocenters. The number of hydrogen-bond donors (Lipinski definition) is 1. The molecule has 2 aromatic rings. The third-order valence-corrected chi connectivity index (χ3v) is 3.61. The molecule has 5 heteroatoms. The van der Waals surface area contributed by atoms with Crippen molar-refractivity contribution >= 4 is 21.8 Å². The van der Waals surface area contributed by atoms with Crippen LogP contribution in [0.15, 0.2) is 51.9 Å². The highest BCUT2D eigenvalue weighted by molar-refractivity contribution is 9.10. The number of halogens is 1. The molecule has 0 aliphatic rings. The number of aromatic nitrogens is 1. The van der Waals surface area contributed by atoms with Gasteiger partial charge in [0, 0.05) is 17.7 Å². The summed E-state index contributed by atoms with van der Waals surface area (Å²) in [5.74, 6) is -0.384. The summed E-state index contributed by atoms with van der Waals surface area (Å²) in [4.78, 5) is 24.2. The van der Waals surface area contributed by atoms with Crippen molar-refractivity contribution in [3.63, 3.8) is 0 Å². The molecule has 0 radical (unpaired) electrons. The van der Waals surface area contributed by atoms with E-state index in [-0.39, 0.29) is 23.1 Å². The summed E-state index contributed by atoms with van der Waals surface area (Å²) >= 11 is 3.35. The lowest BCUT2D eigenvalue weighted by atomic mass is 10.1. The van der Waals surface area contributed by atoms with Crippen LogP contribution >= 0.6 is 15.9 Å². The molecule has 0 saturated carbocycles. The lowest BCUT2D eigenvalue weighted by Gasteiger charge is -2.17. The molecule has 1 atom stereocenters. The third kappa shape index (κ3) is 2.82. The zero-order valence-corrected chi connectivity index (χ0v) is 12.8. The van der Waals surface area contributed by atoms with Crippen LogP contribution in [-0.4, -0.2) is 17.5 Å². The SMILES string of the molecule is CNC(=O)c1cc(Br)cn(C(C)c2ccccc2)c1=O. The van der Waals surface area contributed by atoms with Crippen molar-refractivity contribution in [3.8, 4) is 0 Å². The Morgan fingerprint density at radius 2 is 1.95 bits per heavy atom. The average molecular weight is 335 g/mol. The van der Waals surface area contributed by atoms with Gasteiger partial charge in [-0.25, -0.2) is 0 Å². The van der Waals surface area contributed by atoms with Crippen molar-refractivity contribution < 1.29 is 4.79 Å². The van der Waals surface area contributed by atoms with E-state index in [0.29, 0.717) is 4.47 Å². The van der Waals surface area contributed by atoms with Gasteiger partial charge in [0.05, 0.1) is 6.04 Å². The first-order valence-corrected chi connectivity index (χ1v) is 7.02. The number of carbonyl (C=O) groups is 1. The van der Waals surface area contributed by atoms with E-state index in [1.807, 2.05) is 37.3 Å². The van der Waals surface area contributed by atoms with E-state index < -0.39 is 0 Å². The quantitative estimate of drug-likeness (QED) is 0.937. The van der Waals surface area contributed by atoms with E-state index in [9.17, 15) is 9.59 Å². The number of benzene rings is 1. The van der Waals surface area contributed by atoms with E-state index in [1.165, 1.54) is 13.1 Å². The normalized spacial score (nSPS) is 11.9. The topological polar surface area (TPSA) is 51.1 Å². The molecule has 1 amide bonds. The van der Waals surface area contributed by atoms with Crippen LogP contribution < -0.4 is 10.9 Å². The first-order chi connectivity index (χ1) is 9.54. The Hall–Kier alpha value is -1.88. The molecule has 1 N–H and O–H groups in total. The molecule has 0 spiro atoms. The van der Waals surface area contributed by atoms with Gasteiger partial charge in [0.2, 0.25) is 0 Å². The first kappa shape index (κ1) is 14.5. The van der Waals surface area contributed by atoms with Gasteiger partial charge in [-0.05, 0) is 34.5 Å². The Kier molecular flexibility index (Phi) is 4.39. The zero-order valence-electron chi connectivity index (χ0n) is 11.3.